The SMILES string of the molecule is Cc1nc(Cn2c(=O)sc3cc(Br)ccc32)ccc1C(=O)O. The molecule has 1 aromatic carbocycles. The molecule has 0 unspecified atom stereocenters. The first-order valence-electron chi connectivity index (χ1n) is 6.44. The van der Waals surface area contributed by atoms with E-state index in [0.29, 0.717) is 17.9 Å². The normalized spacial score (nSPS) is 11.0. The molecule has 0 bridgehead atoms. The van der Waals surface area contributed by atoms with Crippen LogP contribution in [0.25, 0.3) is 10.2 Å². The van der Waals surface area contributed by atoms with Gasteiger partial charge >= 0.3 is 10.8 Å². The first-order chi connectivity index (χ1) is 10.5. The highest BCUT2D eigenvalue weighted by atomic mass is 79.9. The van der Waals surface area contributed by atoms with Crippen LogP contribution in [0.15, 0.2) is 39.6 Å². The molecule has 0 amide bonds. The molecule has 22 heavy (non-hydrogen) atoms. The Kier molecular flexibility index (Phi) is 3.84. The number of nitrogens with zero attached hydrogens (tertiary/aromatic N) is 2. The molecule has 7 heteroatoms. The second-order valence-corrected chi connectivity index (χ2v) is 6.72. The van der Waals surface area contributed by atoms with Crippen molar-refractivity contribution in [3.8, 4) is 0 Å². The van der Waals surface area contributed by atoms with Crippen molar-refractivity contribution in [1.82, 2.24) is 9.55 Å². The molecule has 3 rings (SSSR count). The van der Waals surface area contributed by atoms with E-state index in [4.69, 9.17) is 5.11 Å². The summed E-state index contributed by atoms with van der Waals surface area (Å²) in [7, 11) is 0. The largest absolute Gasteiger partial charge is 0.478 e. The zero-order chi connectivity index (χ0) is 15.9. The highest BCUT2D eigenvalue weighted by Crippen LogP contribution is 2.22. The van der Waals surface area contributed by atoms with E-state index in [1.54, 1.807) is 17.6 Å². The van der Waals surface area contributed by atoms with Crippen molar-refractivity contribution in [3.63, 3.8) is 0 Å². The smallest absolute Gasteiger partial charge is 0.337 e. The van der Waals surface area contributed by atoms with Crippen LogP contribution in [0.5, 0.6) is 0 Å². The van der Waals surface area contributed by atoms with Gasteiger partial charge < -0.3 is 5.11 Å². The Morgan fingerprint density at radius 3 is 2.82 bits per heavy atom. The first kappa shape index (κ1) is 14.9. The summed E-state index contributed by atoms with van der Waals surface area (Å²) in [6.45, 7) is 1.97. The van der Waals surface area contributed by atoms with E-state index in [2.05, 4.69) is 20.9 Å². The Hall–Kier alpha value is -1.99. The number of fused-ring (bicyclic) bond motifs is 1. The van der Waals surface area contributed by atoms with Gasteiger partial charge in [-0.25, -0.2) is 4.79 Å². The highest BCUT2D eigenvalue weighted by Gasteiger charge is 2.12. The average molecular weight is 379 g/mol. The summed E-state index contributed by atoms with van der Waals surface area (Å²) in [5.41, 5.74) is 2.13. The Labute approximate surface area is 138 Å². The van der Waals surface area contributed by atoms with E-state index < -0.39 is 5.97 Å². The van der Waals surface area contributed by atoms with Gasteiger partial charge in [-0.2, -0.15) is 0 Å². The van der Waals surface area contributed by atoms with Crippen LogP contribution in [0.1, 0.15) is 21.7 Å². The average Bonchev–Trinajstić information content (AvgIpc) is 2.74. The van der Waals surface area contributed by atoms with Gasteiger partial charge in [-0.15, -0.1) is 0 Å². The van der Waals surface area contributed by atoms with Crippen LogP contribution in [0.2, 0.25) is 0 Å². The van der Waals surface area contributed by atoms with Crippen LogP contribution < -0.4 is 4.87 Å². The molecule has 2 aromatic heterocycles. The maximum atomic E-state index is 12.2. The molecule has 112 valence electrons. The molecular weight excluding hydrogens is 368 g/mol. The van der Waals surface area contributed by atoms with Crippen molar-refractivity contribution in [3.05, 3.63) is 61.4 Å². The topological polar surface area (TPSA) is 72.2 Å². The third-order valence-corrected chi connectivity index (χ3v) is 4.76. The minimum absolute atomic E-state index is 0.0603. The standard InChI is InChI=1S/C15H11BrN2O3S/c1-8-11(14(19)20)4-3-10(17-8)7-18-12-5-2-9(16)6-13(12)22-15(18)21/h2-6H,7H2,1H3,(H,19,20). The molecular formula is C15H11BrN2O3S. The number of hydrogen-bond acceptors (Lipinski definition) is 4. The van der Waals surface area contributed by atoms with Crippen LogP contribution >= 0.6 is 27.3 Å². The van der Waals surface area contributed by atoms with Crippen LogP contribution in [0.3, 0.4) is 0 Å². The predicted octanol–water partition coefficient (Wildman–Crippen LogP) is 3.28. The van der Waals surface area contributed by atoms with E-state index in [1.165, 1.54) is 17.4 Å². The van der Waals surface area contributed by atoms with Crippen LogP contribution in [-0.4, -0.2) is 20.6 Å². The van der Waals surface area contributed by atoms with E-state index in [-0.39, 0.29) is 10.4 Å². The zero-order valence-corrected chi connectivity index (χ0v) is 13.9. The van der Waals surface area contributed by atoms with E-state index in [0.717, 1.165) is 14.7 Å². The summed E-state index contributed by atoms with van der Waals surface area (Å²) < 4.78 is 3.47. The molecule has 0 aliphatic heterocycles. The number of carboxylic acids is 1. The molecule has 0 atom stereocenters. The van der Waals surface area contributed by atoms with E-state index in [1.807, 2.05) is 18.2 Å². The molecule has 0 spiro atoms. The Balaban J connectivity index is 2.03. The number of aromatic nitrogens is 2. The number of aromatic carboxylic acids is 1. The molecule has 3 aromatic rings. The highest BCUT2D eigenvalue weighted by molar-refractivity contribution is 9.10. The fraction of sp³-hybridized carbons (Fsp3) is 0.133. The molecule has 0 radical (unpaired) electrons. The van der Waals surface area contributed by atoms with Crippen molar-refractivity contribution >= 4 is 43.5 Å². The number of carbonyl (C=O) groups is 1. The van der Waals surface area contributed by atoms with Crippen LogP contribution in [-0.2, 0) is 6.54 Å². The van der Waals surface area contributed by atoms with Gasteiger partial charge in [-0.1, -0.05) is 27.3 Å². The number of rotatable bonds is 3. The number of benzene rings is 1. The fourth-order valence-corrected chi connectivity index (χ4v) is 3.72. The maximum Gasteiger partial charge on any atom is 0.337 e. The molecule has 1 N–H and O–H groups in total. The van der Waals surface area contributed by atoms with Crippen molar-refractivity contribution in [1.29, 1.82) is 0 Å². The summed E-state index contributed by atoms with van der Waals surface area (Å²) >= 11 is 4.57. The molecule has 5 nitrogen and oxygen atoms in total. The third-order valence-electron chi connectivity index (χ3n) is 3.32. The Morgan fingerprint density at radius 2 is 2.14 bits per heavy atom. The molecule has 2 heterocycles. The summed E-state index contributed by atoms with van der Waals surface area (Å²) in [6.07, 6.45) is 0. The van der Waals surface area contributed by atoms with E-state index in [9.17, 15) is 9.59 Å². The number of aryl methyl sites for hydroxylation is 1. The Morgan fingerprint density at radius 1 is 1.36 bits per heavy atom. The van der Waals surface area contributed by atoms with Gasteiger partial charge in [0, 0.05) is 4.47 Å². The predicted molar refractivity (Wildman–Crippen MR) is 88.8 cm³/mol. The molecule has 0 aliphatic rings. The number of pyridine rings is 1. The van der Waals surface area contributed by atoms with Gasteiger partial charge in [0.15, 0.2) is 0 Å². The lowest BCUT2D eigenvalue weighted by molar-refractivity contribution is 0.0695. The van der Waals surface area contributed by atoms with Gasteiger partial charge in [-0.05, 0) is 37.3 Å². The fourth-order valence-electron chi connectivity index (χ4n) is 2.28. The Bertz CT molecular complexity index is 946. The van der Waals surface area contributed by atoms with Gasteiger partial charge in [0.05, 0.1) is 33.7 Å². The molecule has 0 fully saturated rings. The van der Waals surface area contributed by atoms with Crippen molar-refractivity contribution in [2.75, 3.05) is 0 Å². The van der Waals surface area contributed by atoms with Gasteiger partial charge in [-0.3, -0.25) is 14.3 Å². The van der Waals surface area contributed by atoms with E-state index >= 15 is 0 Å². The lowest BCUT2D eigenvalue weighted by atomic mass is 10.2. The maximum absolute atomic E-state index is 12.2. The monoisotopic (exact) mass is 378 g/mol. The van der Waals surface area contributed by atoms with Crippen LogP contribution in [0.4, 0.5) is 0 Å². The first-order valence-corrected chi connectivity index (χ1v) is 8.05. The number of thiazole rings is 1. The second-order valence-electron chi connectivity index (χ2n) is 4.81. The molecule has 0 saturated carbocycles. The second kappa shape index (κ2) is 5.66. The van der Waals surface area contributed by atoms with Crippen LogP contribution in [0, 0.1) is 6.92 Å². The molecule has 0 saturated heterocycles. The van der Waals surface area contributed by atoms with Crippen molar-refractivity contribution in [2.45, 2.75) is 13.5 Å². The van der Waals surface area contributed by atoms with Gasteiger partial charge in [0.2, 0.25) is 0 Å². The number of halogens is 1. The third kappa shape index (κ3) is 2.69. The van der Waals surface area contributed by atoms with Gasteiger partial charge in [0.25, 0.3) is 0 Å². The summed E-state index contributed by atoms with van der Waals surface area (Å²) in [5.74, 6) is -1.00. The number of hydrogen-bond donors (Lipinski definition) is 1. The summed E-state index contributed by atoms with van der Waals surface area (Å²) in [6, 6.07) is 8.85. The summed E-state index contributed by atoms with van der Waals surface area (Å²) in [5, 5.41) is 9.03. The van der Waals surface area contributed by atoms with Crippen molar-refractivity contribution < 1.29 is 9.90 Å². The summed E-state index contributed by atoms with van der Waals surface area (Å²) in [4.78, 5) is 27.4. The zero-order valence-electron chi connectivity index (χ0n) is 11.5. The lowest BCUT2D eigenvalue weighted by Gasteiger charge is -2.06. The lowest BCUT2D eigenvalue weighted by Crippen LogP contribution is -2.15. The molecule has 0 aliphatic carbocycles. The minimum atomic E-state index is -1.00. The minimum Gasteiger partial charge on any atom is -0.478 e. The quantitative estimate of drug-likeness (QED) is 0.758. The van der Waals surface area contributed by atoms with Crippen molar-refractivity contribution in [2.24, 2.45) is 0 Å². The van der Waals surface area contributed by atoms with Gasteiger partial charge in [0.1, 0.15) is 0 Å². The number of carboxylic acid groups (broad SMARTS) is 1.